The Hall–Kier alpha value is -3.70. The van der Waals surface area contributed by atoms with Gasteiger partial charge in [-0.15, -0.1) is 11.3 Å². The number of aromatic nitrogens is 2. The Balaban J connectivity index is 1.35. The zero-order valence-corrected chi connectivity index (χ0v) is 18.0. The van der Waals surface area contributed by atoms with E-state index in [4.69, 9.17) is 0 Å². The van der Waals surface area contributed by atoms with Crippen LogP contribution in [-0.2, 0) is 6.54 Å². The topological polar surface area (TPSA) is 42.2 Å². The average molecular weight is 423 g/mol. The molecule has 5 heteroatoms. The first-order chi connectivity index (χ1) is 15.3. The van der Waals surface area contributed by atoms with Gasteiger partial charge in [0.2, 0.25) is 5.13 Å². The Morgan fingerprint density at radius 3 is 2.58 bits per heavy atom. The van der Waals surface area contributed by atoms with Crippen LogP contribution in [0.5, 0.6) is 0 Å². The van der Waals surface area contributed by atoms with Crippen molar-refractivity contribution in [1.29, 1.82) is 0 Å². The van der Waals surface area contributed by atoms with Gasteiger partial charge in [0.05, 0.1) is 11.9 Å². The molecule has 0 amide bonds. The van der Waals surface area contributed by atoms with E-state index in [-0.39, 0.29) is 0 Å². The van der Waals surface area contributed by atoms with Gasteiger partial charge in [-0.25, -0.2) is 4.98 Å². The van der Waals surface area contributed by atoms with Crippen LogP contribution in [0.15, 0.2) is 95.5 Å². The van der Waals surface area contributed by atoms with Gasteiger partial charge in [0.25, 0.3) is 0 Å². The first-order valence-electron chi connectivity index (χ1n) is 10.2. The van der Waals surface area contributed by atoms with Crippen molar-refractivity contribution in [3.05, 3.63) is 107 Å². The van der Waals surface area contributed by atoms with E-state index in [1.165, 1.54) is 22.0 Å². The fourth-order valence-electron chi connectivity index (χ4n) is 3.63. The standard InChI is InChI=1S/C26H22N4S/c1-19-11-13-21(14-12-19)24-18-31-26(28-24)29-27-15-22-17-30(16-20-7-3-2-4-8-20)25-10-6-5-9-23(22)25/h2-15,17-18H,16H2,1H3,(H,28,29)/b27-15+. The summed E-state index contributed by atoms with van der Waals surface area (Å²) < 4.78 is 2.27. The highest BCUT2D eigenvalue weighted by molar-refractivity contribution is 7.14. The summed E-state index contributed by atoms with van der Waals surface area (Å²) in [6, 6.07) is 27.3. The largest absolute Gasteiger partial charge is 0.342 e. The summed E-state index contributed by atoms with van der Waals surface area (Å²) in [6.07, 6.45) is 4.03. The maximum atomic E-state index is 4.65. The van der Waals surface area contributed by atoms with Crippen LogP contribution < -0.4 is 5.43 Å². The summed E-state index contributed by atoms with van der Waals surface area (Å²) in [4.78, 5) is 4.65. The van der Waals surface area contributed by atoms with E-state index in [9.17, 15) is 0 Å². The highest BCUT2D eigenvalue weighted by atomic mass is 32.1. The van der Waals surface area contributed by atoms with Gasteiger partial charge in [0.15, 0.2) is 0 Å². The molecule has 152 valence electrons. The Bertz CT molecular complexity index is 1330. The van der Waals surface area contributed by atoms with E-state index in [1.54, 1.807) is 11.3 Å². The van der Waals surface area contributed by atoms with Gasteiger partial charge >= 0.3 is 0 Å². The van der Waals surface area contributed by atoms with E-state index in [0.29, 0.717) is 0 Å². The highest BCUT2D eigenvalue weighted by Crippen LogP contribution is 2.25. The third-order valence-electron chi connectivity index (χ3n) is 5.23. The second-order valence-electron chi connectivity index (χ2n) is 7.49. The lowest BCUT2D eigenvalue weighted by Crippen LogP contribution is -1.97. The number of hydrogen-bond acceptors (Lipinski definition) is 4. The van der Waals surface area contributed by atoms with Gasteiger partial charge in [0.1, 0.15) is 0 Å². The fraction of sp³-hybridized carbons (Fsp3) is 0.0769. The molecule has 3 aromatic carbocycles. The lowest BCUT2D eigenvalue weighted by Gasteiger charge is -2.05. The molecule has 0 aliphatic rings. The lowest BCUT2D eigenvalue weighted by atomic mass is 10.1. The third kappa shape index (κ3) is 4.27. The summed E-state index contributed by atoms with van der Waals surface area (Å²) >= 11 is 1.55. The fourth-order valence-corrected chi connectivity index (χ4v) is 4.30. The average Bonchev–Trinajstić information content (AvgIpc) is 3.41. The number of rotatable bonds is 6. The number of benzene rings is 3. The minimum absolute atomic E-state index is 0.778. The number of aryl methyl sites for hydroxylation is 1. The molecule has 0 aliphatic heterocycles. The first-order valence-corrected chi connectivity index (χ1v) is 11.1. The van der Waals surface area contributed by atoms with Gasteiger partial charge < -0.3 is 4.57 Å². The number of nitrogens with one attached hydrogen (secondary N) is 1. The van der Waals surface area contributed by atoms with Crippen LogP contribution in [0, 0.1) is 6.92 Å². The van der Waals surface area contributed by atoms with E-state index >= 15 is 0 Å². The minimum atomic E-state index is 0.778. The second-order valence-corrected chi connectivity index (χ2v) is 8.35. The predicted molar refractivity (Wildman–Crippen MR) is 131 cm³/mol. The van der Waals surface area contributed by atoms with Gasteiger partial charge in [-0.05, 0) is 18.6 Å². The molecule has 0 saturated carbocycles. The minimum Gasteiger partial charge on any atom is -0.342 e. The van der Waals surface area contributed by atoms with Crippen LogP contribution >= 0.6 is 11.3 Å². The van der Waals surface area contributed by atoms with Crippen molar-refractivity contribution in [1.82, 2.24) is 9.55 Å². The lowest BCUT2D eigenvalue weighted by molar-refractivity contribution is 0.836. The van der Waals surface area contributed by atoms with Crippen molar-refractivity contribution in [3.63, 3.8) is 0 Å². The smallest absolute Gasteiger partial charge is 0.203 e. The number of nitrogens with zero attached hydrogens (tertiary/aromatic N) is 3. The van der Waals surface area contributed by atoms with Crippen LogP contribution in [0.4, 0.5) is 5.13 Å². The van der Waals surface area contributed by atoms with E-state index in [1.807, 2.05) is 17.7 Å². The molecule has 0 saturated heterocycles. The monoisotopic (exact) mass is 422 g/mol. The van der Waals surface area contributed by atoms with Crippen LogP contribution in [-0.4, -0.2) is 15.8 Å². The molecule has 0 atom stereocenters. The van der Waals surface area contributed by atoms with Crippen molar-refractivity contribution in [2.75, 3.05) is 5.43 Å². The number of hydrogen-bond donors (Lipinski definition) is 1. The normalized spacial score (nSPS) is 11.4. The Morgan fingerprint density at radius 2 is 1.74 bits per heavy atom. The number of anilines is 1. The molecule has 0 fully saturated rings. The highest BCUT2D eigenvalue weighted by Gasteiger charge is 2.08. The first kappa shape index (κ1) is 19.3. The summed E-state index contributed by atoms with van der Waals surface area (Å²) in [5.74, 6) is 0. The van der Waals surface area contributed by atoms with Crippen molar-refractivity contribution in [2.45, 2.75) is 13.5 Å². The second kappa shape index (κ2) is 8.58. The van der Waals surface area contributed by atoms with Crippen LogP contribution in [0.3, 0.4) is 0 Å². The predicted octanol–water partition coefficient (Wildman–Crippen LogP) is 6.57. The molecule has 0 unspecified atom stereocenters. The molecule has 0 aliphatic carbocycles. The summed E-state index contributed by atoms with van der Waals surface area (Å²) in [5, 5.41) is 8.47. The van der Waals surface area contributed by atoms with Crippen molar-refractivity contribution >= 4 is 33.6 Å². The van der Waals surface area contributed by atoms with Crippen molar-refractivity contribution < 1.29 is 0 Å². The number of fused-ring (bicyclic) bond motifs is 1. The van der Waals surface area contributed by atoms with Crippen molar-refractivity contribution in [2.24, 2.45) is 5.10 Å². The molecule has 2 aromatic heterocycles. The van der Waals surface area contributed by atoms with E-state index in [0.717, 1.165) is 28.5 Å². The van der Waals surface area contributed by atoms with Gasteiger partial charge in [-0.3, -0.25) is 5.43 Å². The molecule has 2 heterocycles. The maximum Gasteiger partial charge on any atom is 0.203 e. The zero-order chi connectivity index (χ0) is 21.0. The summed E-state index contributed by atoms with van der Waals surface area (Å²) in [5.41, 5.74) is 9.95. The molecule has 1 N–H and O–H groups in total. The van der Waals surface area contributed by atoms with E-state index < -0.39 is 0 Å². The van der Waals surface area contributed by atoms with Gasteiger partial charge in [0, 0.05) is 40.2 Å². The van der Waals surface area contributed by atoms with Crippen LogP contribution in [0.2, 0.25) is 0 Å². The molecular weight excluding hydrogens is 400 g/mol. The number of para-hydroxylation sites is 1. The quantitative estimate of drug-likeness (QED) is 0.248. The van der Waals surface area contributed by atoms with Crippen LogP contribution in [0.1, 0.15) is 16.7 Å². The molecule has 4 nitrogen and oxygen atoms in total. The maximum absolute atomic E-state index is 4.65. The van der Waals surface area contributed by atoms with Crippen LogP contribution in [0.25, 0.3) is 22.2 Å². The number of hydrazone groups is 1. The SMILES string of the molecule is Cc1ccc(-c2csc(N/N=C/c3cn(Cc4ccccc4)c4ccccc34)n2)cc1. The zero-order valence-electron chi connectivity index (χ0n) is 17.2. The Morgan fingerprint density at radius 1 is 0.968 bits per heavy atom. The van der Waals surface area contributed by atoms with Gasteiger partial charge in [-0.1, -0.05) is 78.4 Å². The molecular formula is C26H22N4S. The Kier molecular flexibility index (Phi) is 5.33. The molecule has 31 heavy (non-hydrogen) atoms. The molecule has 0 radical (unpaired) electrons. The molecule has 5 rings (SSSR count). The molecule has 0 spiro atoms. The number of thiazole rings is 1. The Labute approximate surface area is 185 Å². The third-order valence-corrected chi connectivity index (χ3v) is 5.98. The molecule has 5 aromatic rings. The molecule has 0 bridgehead atoms. The van der Waals surface area contributed by atoms with Crippen molar-refractivity contribution in [3.8, 4) is 11.3 Å². The summed E-state index contributed by atoms with van der Waals surface area (Å²) in [6.45, 7) is 2.92. The van der Waals surface area contributed by atoms with Gasteiger partial charge in [-0.2, -0.15) is 5.10 Å². The summed E-state index contributed by atoms with van der Waals surface area (Å²) in [7, 11) is 0. The van der Waals surface area contributed by atoms with E-state index in [2.05, 4.69) is 106 Å².